The van der Waals surface area contributed by atoms with Gasteiger partial charge >= 0.3 is 0 Å². The van der Waals surface area contributed by atoms with Crippen molar-refractivity contribution < 1.29 is 5.11 Å². The van der Waals surface area contributed by atoms with Gasteiger partial charge in [-0.1, -0.05) is 12.5 Å². The van der Waals surface area contributed by atoms with Crippen LogP contribution in [0, 0.1) is 0 Å². The molecule has 2 heteroatoms. The summed E-state index contributed by atoms with van der Waals surface area (Å²) < 4.78 is 0. The summed E-state index contributed by atoms with van der Waals surface area (Å²) >= 11 is 0. The van der Waals surface area contributed by atoms with Gasteiger partial charge in [0.05, 0.1) is 0 Å². The first-order valence-corrected chi connectivity index (χ1v) is 4.39. The summed E-state index contributed by atoms with van der Waals surface area (Å²) in [6.45, 7) is 4.03. The van der Waals surface area contributed by atoms with Gasteiger partial charge in [0.25, 0.3) is 0 Å². The standard InChI is InChI=1S/C9H17NO/c1-2-6-9(11)10-7-4-3-5-8-10/h2,6,9,11H,3-5,7-8H2,1H3. The summed E-state index contributed by atoms with van der Waals surface area (Å²) in [6, 6.07) is 0. The molecule has 1 N–H and O–H groups in total. The van der Waals surface area contributed by atoms with E-state index in [1.807, 2.05) is 19.1 Å². The summed E-state index contributed by atoms with van der Waals surface area (Å²) in [5.41, 5.74) is 0. The number of aliphatic hydroxyl groups excluding tert-OH is 1. The van der Waals surface area contributed by atoms with Gasteiger partial charge in [0.1, 0.15) is 6.23 Å². The van der Waals surface area contributed by atoms with Gasteiger partial charge < -0.3 is 5.11 Å². The third-order valence-corrected chi connectivity index (χ3v) is 2.13. The molecule has 0 aromatic carbocycles. The number of hydrogen-bond donors (Lipinski definition) is 1. The second-order valence-corrected chi connectivity index (χ2v) is 3.04. The topological polar surface area (TPSA) is 23.5 Å². The van der Waals surface area contributed by atoms with Crippen LogP contribution in [0.15, 0.2) is 12.2 Å². The summed E-state index contributed by atoms with van der Waals surface area (Å²) in [4.78, 5) is 2.11. The Labute approximate surface area is 68.5 Å². The van der Waals surface area contributed by atoms with E-state index in [4.69, 9.17) is 0 Å². The van der Waals surface area contributed by atoms with Crippen molar-refractivity contribution in [1.82, 2.24) is 4.90 Å². The van der Waals surface area contributed by atoms with Crippen molar-refractivity contribution in [3.05, 3.63) is 12.2 Å². The van der Waals surface area contributed by atoms with Crippen molar-refractivity contribution >= 4 is 0 Å². The lowest BCUT2D eigenvalue weighted by atomic mass is 10.1. The van der Waals surface area contributed by atoms with Crippen molar-refractivity contribution in [3.63, 3.8) is 0 Å². The highest BCUT2D eigenvalue weighted by molar-refractivity contribution is 4.86. The van der Waals surface area contributed by atoms with Crippen LogP contribution >= 0.6 is 0 Å². The predicted molar refractivity (Wildman–Crippen MR) is 46.2 cm³/mol. The quantitative estimate of drug-likeness (QED) is 0.609. The van der Waals surface area contributed by atoms with Gasteiger partial charge in [-0.05, 0) is 25.8 Å². The van der Waals surface area contributed by atoms with Crippen LogP contribution in [0.5, 0.6) is 0 Å². The van der Waals surface area contributed by atoms with E-state index in [0.29, 0.717) is 0 Å². The highest BCUT2D eigenvalue weighted by Crippen LogP contribution is 2.11. The maximum Gasteiger partial charge on any atom is 0.126 e. The fourth-order valence-corrected chi connectivity index (χ4v) is 1.48. The number of allylic oxidation sites excluding steroid dienone is 1. The fourth-order valence-electron chi connectivity index (χ4n) is 1.48. The maximum absolute atomic E-state index is 9.51. The molecule has 1 rings (SSSR count). The van der Waals surface area contributed by atoms with Gasteiger partial charge in [-0.3, -0.25) is 4.90 Å². The highest BCUT2D eigenvalue weighted by atomic mass is 16.3. The van der Waals surface area contributed by atoms with Crippen LogP contribution in [-0.4, -0.2) is 29.3 Å². The van der Waals surface area contributed by atoms with Crippen molar-refractivity contribution in [2.24, 2.45) is 0 Å². The van der Waals surface area contributed by atoms with Gasteiger partial charge in [0, 0.05) is 13.1 Å². The first-order chi connectivity index (χ1) is 5.34. The van der Waals surface area contributed by atoms with E-state index in [9.17, 15) is 5.11 Å². The van der Waals surface area contributed by atoms with Crippen LogP contribution in [0.2, 0.25) is 0 Å². The van der Waals surface area contributed by atoms with Crippen LogP contribution < -0.4 is 0 Å². The van der Waals surface area contributed by atoms with Gasteiger partial charge in [0.2, 0.25) is 0 Å². The molecule has 1 fully saturated rings. The number of rotatable bonds is 2. The normalized spacial score (nSPS) is 24.2. The lowest BCUT2D eigenvalue weighted by molar-refractivity contribution is 0.0282. The van der Waals surface area contributed by atoms with E-state index in [0.717, 1.165) is 13.1 Å². The van der Waals surface area contributed by atoms with Crippen LogP contribution in [-0.2, 0) is 0 Å². The molecule has 0 saturated carbocycles. The van der Waals surface area contributed by atoms with Gasteiger partial charge in [0.15, 0.2) is 0 Å². The summed E-state index contributed by atoms with van der Waals surface area (Å²) in [5.74, 6) is 0. The minimum atomic E-state index is -0.347. The second kappa shape index (κ2) is 4.52. The largest absolute Gasteiger partial charge is 0.375 e. The SMILES string of the molecule is CC=CC(O)N1CCCCC1. The third-order valence-electron chi connectivity index (χ3n) is 2.13. The average Bonchev–Trinajstić information content (AvgIpc) is 2.07. The van der Waals surface area contributed by atoms with Crippen LogP contribution in [0.25, 0.3) is 0 Å². The van der Waals surface area contributed by atoms with Crippen LogP contribution in [0.1, 0.15) is 26.2 Å². The smallest absolute Gasteiger partial charge is 0.126 e. The Morgan fingerprint density at radius 3 is 2.45 bits per heavy atom. The molecule has 1 aliphatic rings. The van der Waals surface area contributed by atoms with Crippen molar-refractivity contribution in [2.45, 2.75) is 32.4 Å². The Hall–Kier alpha value is -0.340. The molecule has 1 saturated heterocycles. The lowest BCUT2D eigenvalue weighted by Crippen LogP contribution is -2.37. The van der Waals surface area contributed by atoms with Gasteiger partial charge in [-0.25, -0.2) is 0 Å². The molecule has 0 amide bonds. The minimum Gasteiger partial charge on any atom is -0.375 e. The Kier molecular flexibility index (Phi) is 3.60. The zero-order chi connectivity index (χ0) is 8.10. The highest BCUT2D eigenvalue weighted by Gasteiger charge is 2.14. The Morgan fingerprint density at radius 1 is 1.27 bits per heavy atom. The molecule has 1 atom stereocenters. The van der Waals surface area contributed by atoms with Gasteiger partial charge in [-0.15, -0.1) is 0 Å². The second-order valence-electron chi connectivity index (χ2n) is 3.04. The molecule has 1 unspecified atom stereocenters. The van der Waals surface area contributed by atoms with E-state index >= 15 is 0 Å². The molecule has 0 aliphatic carbocycles. The van der Waals surface area contributed by atoms with Crippen molar-refractivity contribution in [1.29, 1.82) is 0 Å². The molecule has 0 aromatic rings. The third kappa shape index (κ3) is 2.64. The van der Waals surface area contributed by atoms with Crippen LogP contribution in [0.4, 0.5) is 0 Å². The number of aliphatic hydroxyl groups is 1. The molecule has 64 valence electrons. The first-order valence-electron chi connectivity index (χ1n) is 4.39. The fraction of sp³-hybridized carbons (Fsp3) is 0.778. The molecule has 11 heavy (non-hydrogen) atoms. The summed E-state index contributed by atoms with van der Waals surface area (Å²) in [7, 11) is 0. The molecular formula is C9H17NO. The minimum absolute atomic E-state index is 0.347. The number of piperidine rings is 1. The zero-order valence-corrected chi connectivity index (χ0v) is 7.16. The molecule has 0 aromatic heterocycles. The average molecular weight is 155 g/mol. The molecule has 0 bridgehead atoms. The first kappa shape index (κ1) is 8.75. The summed E-state index contributed by atoms with van der Waals surface area (Å²) in [5, 5.41) is 9.51. The molecule has 2 nitrogen and oxygen atoms in total. The molecule has 0 radical (unpaired) electrons. The Morgan fingerprint density at radius 2 is 1.91 bits per heavy atom. The van der Waals surface area contributed by atoms with Crippen molar-refractivity contribution in [3.8, 4) is 0 Å². The summed E-state index contributed by atoms with van der Waals surface area (Å²) in [6.07, 6.45) is 7.17. The van der Waals surface area contributed by atoms with E-state index in [1.165, 1.54) is 19.3 Å². The number of nitrogens with zero attached hydrogens (tertiary/aromatic N) is 1. The van der Waals surface area contributed by atoms with E-state index in [2.05, 4.69) is 4.90 Å². The molecule has 1 aliphatic heterocycles. The van der Waals surface area contributed by atoms with E-state index in [1.54, 1.807) is 0 Å². The Bertz CT molecular complexity index is 128. The maximum atomic E-state index is 9.51. The molecular weight excluding hydrogens is 138 g/mol. The monoisotopic (exact) mass is 155 g/mol. The van der Waals surface area contributed by atoms with Gasteiger partial charge in [-0.2, -0.15) is 0 Å². The van der Waals surface area contributed by atoms with Crippen molar-refractivity contribution in [2.75, 3.05) is 13.1 Å². The van der Waals surface area contributed by atoms with E-state index in [-0.39, 0.29) is 6.23 Å². The number of hydrogen-bond acceptors (Lipinski definition) is 2. The van der Waals surface area contributed by atoms with E-state index < -0.39 is 0 Å². The Balaban J connectivity index is 2.32. The predicted octanol–water partition coefficient (Wildman–Crippen LogP) is 1.37. The van der Waals surface area contributed by atoms with Crippen LogP contribution in [0.3, 0.4) is 0 Å². The lowest BCUT2D eigenvalue weighted by Gasteiger charge is -2.29. The molecule has 0 spiro atoms. The molecule has 1 heterocycles. The number of likely N-dealkylation sites (tertiary alicyclic amines) is 1. The zero-order valence-electron chi connectivity index (χ0n) is 7.16.